The lowest BCUT2D eigenvalue weighted by Gasteiger charge is -2.46. The van der Waals surface area contributed by atoms with Crippen molar-refractivity contribution in [3.63, 3.8) is 0 Å². The first kappa shape index (κ1) is 12.9. The molecule has 0 aliphatic heterocycles. The second-order valence-corrected chi connectivity index (χ2v) is 6.55. The summed E-state index contributed by atoms with van der Waals surface area (Å²) in [5.41, 5.74) is 0. The number of nitrogens with one attached hydrogen (secondary N) is 1. The van der Waals surface area contributed by atoms with Gasteiger partial charge >= 0.3 is 5.97 Å². The monoisotopic (exact) mass is 265 g/mol. The first-order valence-corrected chi connectivity index (χ1v) is 7.70. The fourth-order valence-electron chi connectivity index (χ4n) is 4.55. The van der Waals surface area contributed by atoms with Crippen LogP contribution in [0.4, 0.5) is 0 Å². The van der Waals surface area contributed by atoms with Crippen LogP contribution in [-0.4, -0.2) is 23.0 Å². The fraction of sp³-hybridized carbons (Fsp3) is 0.867. The Morgan fingerprint density at radius 1 is 0.842 bits per heavy atom. The van der Waals surface area contributed by atoms with Gasteiger partial charge in [0.05, 0.1) is 11.8 Å². The first-order valence-electron chi connectivity index (χ1n) is 7.70. The number of hydrogen-bond acceptors (Lipinski definition) is 2. The highest BCUT2D eigenvalue weighted by atomic mass is 16.4. The minimum absolute atomic E-state index is 0.0219. The zero-order chi connectivity index (χ0) is 13.4. The molecule has 2 N–H and O–H groups in total. The van der Waals surface area contributed by atoms with E-state index in [0.29, 0.717) is 12.0 Å². The zero-order valence-electron chi connectivity index (χ0n) is 11.3. The van der Waals surface area contributed by atoms with Gasteiger partial charge in [-0.05, 0) is 50.4 Å². The van der Waals surface area contributed by atoms with Crippen LogP contribution in [0.3, 0.4) is 0 Å². The molecule has 4 saturated carbocycles. The van der Waals surface area contributed by atoms with Gasteiger partial charge in [0.1, 0.15) is 0 Å². The Labute approximate surface area is 113 Å². The van der Waals surface area contributed by atoms with Crippen LogP contribution in [0.5, 0.6) is 0 Å². The molecule has 2 atom stereocenters. The van der Waals surface area contributed by atoms with Crippen LogP contribution in [0.1, 0.15) is 51.4 Å². The van der Waals surface area contributed by atoms with Crippen LogP contribution in [0.2, 0.25) is 0 Å². The van der Waals surface area contributed by atoms with Crippen LogP contribution >= 0.6 is 0 Å². The van der Waals surface area contributed by atoms with Crippen LogP contribution < -0.4 is 5.32 Å². The van der Waals surface area contributed by atoms with E-state index in [1.165, 1.54) is 12.8 Å². The number of carbonyl (C=O) groups is 2. The minimum Gasteiger partial charge on any atom is -0.481 e. The predicted molar refractivity (Wildman–Crippen MR) is 70.5 cm³/mol. The number of carboxylic acids is 1. The topological polar surface area (TPSA) is 66.4 Å². The van der Waals surface area contributed by atoms with E-state index in [1.807, 2.05) is 0 Å². The van der Waals surface area contributed by atoms with Crippen molar-refractivity contribution in [3.05, 3.63) is 0 Å². The van der Waals surface area contributed by atoms with Gasteiger partial charge in [-0.3, -0.25) is 9.59 Å². The molecule has 0 spiro atoms. The molecule has 0 unspecified atom stereocenters. The predicted octanol–water partition coefficient (Wildman–Crippen LogP) is 2.18. The van der Waals surface area contributed by atoms with Crippen LogP contribution in [0.25, 0.3) is 0 Å². The Morgan fingerprint density at radius 3 is 1.89 bits per heavy atom. The summed E-state index contributed by atoms with van der Waals surface area (Å²) in [6, 6.07) is 0.294. The van der Waals surface area contributed by atoms with Crippen molar-refractivity contribution in [3.8, 4) is 0 Å². The molecule has 4 aliphatic carbocycles. The number of rotatable bonds is 3. The number of amides is 1. The third kappa shape index (κ3) is 2.37. The maximum Gasteiger partial charge on any atom is 0.307 e. The van der Waals surface area contributed by atoms with Crippen molar-refractivity contribution < 1.29 is 14.7 Å². The maximum atomic E-state index is 12.5. The Morgan fingerprint density at radius 2 is 1.37 bits per heavy atom. The molecule has 4 aliphatic rings. The Balaban J connectivity index is 1.72. The summed E-state index contributed by atoms with van der Waals surface area (Å²) in [7, 11) is 0. The average Bonchev–Trinajstić information content (AvgIpc) is 2.91. The largest absolute Gasteiger partial charge is 0.481 e. The number of aliphatic carboxylic acids is 1. The molecule has 4 rings (SSSR count). The van der Waals surface area contributed by atoms with Crippen molar-refractivity contribution >= 4 is 11.9 Å². The normalized spacial score (nSPS) is 38.3. The molecule has 0 radical (unpaired) electrons. The molecule has 0 heterocycles. The van der Waals surface area contributed by atoms with Crippen molar-refractivity contribution in [1.29, 1.82) is 0 Å². The summed E-state index contributed by atoms with van der Waals surface area (Å²) >= 11 is 0. The molecule has 4 fully saturated rings. The molecule has 19 heavy (non-hydrogen) atoms. The lowest BCUT2D eigenvalue weighted by molar-refractivity contribution is -0.158. The highest BCUT2D eigenvalue weighted by Crippen LogP contribution is 2.49. The Hall–Kier alpha value is -1.06. The molecule has 0 saturated heterocycles. The smallest absolute Gasteiger partial charge is 0.307 e. The summed E-state index contributed by atoms with van der Waals surface area (Å²) in [6.45, 7) is 0. The van der Waals surface area contributed by atoms with Crippen molar-refractivity contribution in [2.75, 3.05) is 0 Å². The molecule has 0 aromatic rings. The minimum atomic E-state index is -0.763. The molecule has 0 aromatic carbocycles. The lowest BCUT2D eigenvalue weighted by Crippen LogP contribution is -2.52. The van der Waals surface area contributed by atoms with E-state index in [0.717, 1.165) is 38.5 Å². The summed E-state index contributed by atoms with van der Waals surface area (Å²) < 4.78 is 0. The molecule has 4 nitrogen and oxygen atoms in total. The highest BCUT2D eigenvalue weighted by molar-refractivity contribution is 5.85. The SMILES string of the molecule is O=C(O)[C@H]1C2CCC(CC2)[C@@H]1C(=O)NC1CCCC1. The Kier molecular flexibility index (Phi) is 3.50. The third-order valence-corrected chi connectivity index (χ3v) is 5.51. The van der Waals surface area contributed by atoms with Gasteiger partial charge in [0.25, 0.3) is 0 Å². The molecular formula is C15H23NO3. The van der Waals surface area contributed by atoms with E-state index in [2.05, 4.69) is 5.32 Å². The molecule has 2 bridgehead atoms. The average molecular weight is 265 g/mol. The molecular weight excluding hydrogens is 242 g/mol. The third-order valence-electron chi connectivity index (χ3n) is 5.51. The first-order chi connectivity index (χ1) is 9.16. The number of hydrogen-bond donors (Lipinski definition) is 2. The second kappa shape index (κ2) is 5.14. The number of carbonyl (C=O) groups excluding carboxylic acids is 1. The molecule has 0 aromatic heterocycles. The van der Waals surface area contributed by atoms with Crippen LogP contribution in [-0.2, 0) is 9.59 Å². The van der Waals surface area contributed by atoms with Gasteiger partial charge < -0.3 is 10.4 Å². The van der Waals surface area contributed by atoms with E-state index < -0.39 is 11.9 Å². The zero-order valence-corrected chi connectivity index (χ0v) is 11.3. The van der Waals surface area contributed by atoms with E-state index in [1.54, 1.807) is 0 Å². The number of carboxylic acid groups (broad SMARTS) is 1. The van der Waals surface area contributed by atoms with Gasteiger partial charge in [0.15, 0.2) is 0 Å². The van der Waals surface area contributed by atoms with Gasteiger partial charge in [-0.1, -0.05) is 12.8 Å². The van der Waals surface area contributed by atoms with Gasteiger partial charge in [-0.2, -0.15) is 0 Å². The fourth-order valence-corrected chi connectivity index (χ4v) is 4.55. The van der Waals surface area contributed by atoms with E-state index in [4.69, 9.17) is 0 Å². The lowest BCUT2D eigenvalue weighted by atomic mass is 9.58. The van der Waals surface area contributed by atoms with Crippen molar-refractivity contribution in [2.45, 2.75) is 57.4 Å². The van der Waals surface area contributed by atoms with E-state index in [9.17, 15) is 14.7 Å². The molecule has 4 heteroatoms. The van der Waals surface area contributed by atoms with Gasteiger partial charge in [0.2, 0.25) is 5.91 Å². The number of fused-ring (bicyclic) bond motifs is 3. The summed E-state index contributed by atoms with van der Waals surface area (Å²) in [6.07, 6.45) is 8.56. The van der Waals surface area contributed by atoms with Crippen LogP contribution in [0.15, 0.2) is 0 Å². The highest BCUT2D eigenvalue weighted by Gasteiger charge is 2.50. The van der Waals surface area contributed by atoms with Gasteiger partial charge in [-0.15, -0.1) is 0 Å². The summed E-state index contributed by atoms with van der Waals surface area (Å²) in [5, 5.41) is 12.6. The Bertz CT molecular complexity index is 368. The van der Waals surface area contributed by atoms with Gasteiger partial charge in [0, 0.05) is 6.04 Å². The molecule has 1 amide bonds. The summed E-state index contributed by atoms with van der Waals surface area (Å²) in [4.78, 5) is 24.0. The standard InChI is InChI=1S/C15H23NO3/c17-14(16-11-3-1-2-4-11)12-9-5-7-10(8-6-9)13(12)15(18)19/h9-13H,1-8H2,(H,16,17)(H,18,19)/t9?,10?,12-,13-/m0/s1. The van der Waals surface area contributed by atoms with Crippen molar-refractivity contribution in [1.82, 2.24) is 5.32 Å². The van der Waals surface area contributed by atoms with Crippen molar-refractivity contribution in [2.24, 2.45) is 23.7 Å². The molecule has 106 valence electrons. The quantitative estimate of drug-likeness (QED) is 0.822. The second-order valence-electron chi connectivity index (χ2n) is 6.55. The summed E-state index contributed by atoms with van der Waals surface area (Å²) in [5.74, 6) is -0.927. The maximum absolute atomic E-state index is 12.5. The van der Waals surface area contributed by atoms with E-state index in [-0.39, 0.29) is 17.7 Å². The van der Waals surface area contributed by atoms with Crippen LogP contribution in [0, 0.1) is 23.7 Å². The van der Waals surface area contributed by atoms with Gasteiger partial charge in [-0.25, -0.2) is 0 Å². The van der Waals surface area contributed by atoms with E-state index >= 15 is 0 Å².